The molecule has 152 valence electrons. The largest absolute Gasteiger partial charge is 0.343 e. The molecule has 1 aliphatic heterocycles. The second-order valence-corrected chi connectivity index (χ2v) is 8.11. The number of Topliss-reactive ketones (excluding diaryl/α,β-unsaturated/α-hetero) is 1. The first-order chi connectivity index (χ1) is 14.1. The number of nitrogens with one attached hydrogen (secondary N) is 1. The summed E-state index contributed by atoms with van der Waals surface area (Å²) in [6.45, 7) is 3.27. The molecule has 1 aromatic carbocycles. The predicted molar refractivity (Wildman–Crippen MR) is 112 cm³/mol. The van der Waals surface area contributed by atoms with Crippen LogP contribution in [0, 0.1) is 5.92 Å². The van der Waals surface area contributed by atoms with E-state index in [1.54, 1.807) is 13.3 Å². The fraction of sp³-hybridized carbons (Fsp3) is 0.478. The van der Waals surface area contributed by atoms with Crippen molar-refractivity contribution < 1.29 is 9.59 Å². The van der Waals surface area contributed by atoms with Gasteiger partial charge >= 0.3 is 0 Å². The van der Waals surface area contributed by atoms with E-state index in [-0.39, 0.29) is 11.7 Å². The predicted octanol–water partition coefficient (Wildman–Crippen LogP) is 3.93. The normalized spacial score (nSPS) is 16.5. The van der Waals surface area contributed by atoms with Crippen LogP contribution in [0.4, 0.5) is 11.5 Å². The maximum atomic E-state index is 12.6. The molecular formula is C23H28N4O2. The summed E-state index contributed by atoms with van der Waals surface area (Å²) in [5, 5.41) is 3.37. The summed E-state index contributed by atoms with van der Waals surface area (Å²) in [7, 11) is 0. The maximum Gasteiger partial charge on any atom is 0.219 e. The van der Waals surface area contributed by atoms with Crippen LogP contribution >= 0.6 is 0 Å². The maximum absolute atomic E-state index is 12.6. The molecule has 4 rings (SSSR count). The van der Waals surface area contributed by atoms with Gasteiger partial charge in [0.2, 0.25) is 5.91 Å². The van der Waals surface area contributed by atoms with Crippen molar-refractivity contribution in [3.05, 3.63) is 47.4 Å². The number of aromatic nitrogens is 2. The van der Waals surface area contributed by atoms with Gasteiger partial charge in [0.25, 0.3) is 0 Å². The van der Waals surface area contributed by atoms with E-state index in [1.807, 2.05) is 29.2 Å². The molecule has 2 aromatic rings. The minimum Gasteiger partial charge on any atom is -0.343 e. The van der Waals surface area contributed by atoms with Gasteiger partial charge in [-0.1, -0.05) is 0 Å². The molecule has 0 saturated carbocycles. The van der Waals surface area contributed by atoms with Gasteiger partial charge in [0, 0.05) is 48.9 Å². The van der Waals surface area contributed by atoms with Crippen LogP contribution in [0.2, 0.25) is 0 Å². The van der Waals surface area contributed by atoms with Crippen molar-refractivity contribution in [2.75, 3.05) is 18.4 Å². The quantitative estimate of drug-likeness (QED) is 0.754. The summed E-state index contributed by atoms with van der Waals surface area (Å²) >= 11 is 0. The molecular weight excluding hydrogens is 364 g/mol. The Morgan fingerprint density at radius 3 is 2.59 bits per heavy atom. The number of benzene rings is 1. The van der Waals surface area contributed by atoms with Gasteiger partial charge in [-0.25, -0.2) is 9.97 Å². The third kappa shape index (κ3) is 4.63. The molecule has 6 nitrogen and oxygen atoms in total. The summed E-state index contributed by atoms with van der Waals surface area (Å²) < 4.78 is 0. The zero-order valence-corrected chi connectivity index (χ0v) is 17.0. The summed E-state index contributed by atoms with van der Waals surface area (Å²) in [5.74, 6) is 1.76. The molecule has 29 heavy (non-hydrogen) atoms. The second kappa shape index (κ2) is 8.72. The smallest absolute Gasteiger partial charge is 0.219 e. The van der Waals surface area contributed by atoms with Crippen LogP contribution in [0.25, 0.3) is 0 Å². The number of piperidine rings is 1. The average molecular weight is 393 g/mol. The Kier molecular flexibility index (Phi) is 5.88. The summed E-state index contributed by atoms with van der Waals surface area (Å²) in [5.41, 5.74) is 4.04. The number of aryl methyl sites for hydroxylation is 1. The van der Waals surface area contributed by atoms with Gasteiger partial charge in [0.15, 0.2) is 5.78 Å². The Morgan fingerprint density at radius 2 is 1.86 bits per heavy atom. The number of carbonyl (C=O) groups excluding carboxylic acids is 2. The van der Waals surface area contributed by atoms with Crippen LogP contribution < -0.4 is 5.32 Å². The molecule has 1 fully saturated rings. The molecule has 1 aromatic heterocycles. The van der Waals surface area contributed by atoms with Crippen LogP contribution in [0.15, 0.2) is 30.6 Å². The van der Waals surface area contributed by atoms with Crippen molar-refractivity contribution in [2.45, 2.75) is 51.9 Å². The number of hydrogen-bond acceptors (Lipinski definition) is 5. The molecule has 0 spiro atoms. The molecule has 2 aliphatic rings. The van der Waals surface area contributed by atoms with Gasteiger partial charge in [0.1, 0.15) is 12.1 Å². The molecule has 1 N–H and O–H groups in total. The molecule has 1 aliphatic carbocycles. The number of fused-ring (bicyclic) bond motifs is 1. The van der Waals surface area contributed by atoms with Crippen LogP contribution in [0.1, 0.15) is 60.6 Å². The van der Waals surface area contributed by atoms with Crippen molar-refractivity contribution in [3.8, 4) is 0 Å². The monoisotopic (exact) mass is 392 g/mol. The van der Waals surface area contributed by atoms with Crippen molar-refractivity contribution in [3.63, 3.8) is 0 Å². The number of amides is 1. The topological polar surface area (TPSA) is 75.2 Å². The third-order valence-electron chi connectivity index (χ3n) is 6.18. The van der Waals surface area contributed by atoms with E-state index in [2.05, 4.69) is 15.3 Å². The highest BCUT2D eigenvalue weighted by atomic mass is 16.2. The van der Waals surface area contributed by atoms with Crippen molar-refractivity contribution in [1.29, 1.82) is 0 Å². The molecule has 0 bridgehead atoms. The van der Waals surface area contributed by atoms with Gasteiger partial charge in [0.05, 0.1) is 0 Å². The van der Waals surface area contributed by atoms with Gasteiger partial charge < -0.3 is 10.2 Å². The number of nitrogens with zero attached hydrogens (tertiary/aromatic N) is 3. The van der Waals surface area contributed by atoms with E-state index in [1.165, 1.54) is 5.56 Å². The van der Waals surface area contributed by atoms with E-state index in [0.717, 1.165) is 74.4 Å². The molecule has 1 amide bonds. The first-order valence-electron chi connectivity index (χ1n) is 10.6. The number of carbonyl (C=O) groups is 2. The van der Waals surface area contributed by atoms with E-state index in [9.17, 15) is 9.59 Å². The van der Waals surface area contributed by atoms with Crippen molar-refractivity contribution in [2.24, 2.45) is 5.92 Å². The zero-order valence-electron chi connectivity index (χ0n) is 17.0. The zero-order chi connectivity index (χ0) is 20.2. The molecule has 6 heteroatoms. The van der Waals surface area contributed by atoms with Gasteiger partial charge in [-0.2, -0.15) is 0 Å². The Hall–Kier alpha value is -2.76. The first-order valence-corrected chi connectivity index (χ1v) is 10.6. The second-order valence-electron chi connectivity index (χ2n) is 8.11. The molecule has 0 unspecified atom stereocenters. The number of rotatable bonds is 6. The minimum atomic E-state index is 0.153. The molecule has 1 saturated heterocycles. The lowest BCUT2D eigenvalue weighted by Gasteiger charge is -2.31. The van der Waals surface area contributed by atoms with Gasteiger partial charge in [-0.05, 0) is 68.7 Å². The lowest BCUT2D eigenvalue weighted by Crippen LogP contribution is -2.37. The van der Waals surface area contributed by atoms with Gasteiger partial charge in [-0.15, -0.1) is 0 Å². The molecule has 0 radical (unpaired) electrons. The van der Waals surface area contributed by atoms with E-state index in [4.69, 9.17) is 0 Å². The SMILES string of the molecule is CC(=O)N1CCC(CCC(=O)c2ccc(Nc3ncnc4c3CCC4)cc2)CC1. The summed E-state index contributed by atoms with van der Waals surface area (Å²) in [6, 6.07) is 7.68. The average Bonchev–Trinajstić information content (AvgIpc) is 3.23. The van der Waals surface area contributed by atoms with E-state index < -0.39 is 0 Å². The third-order valence-corrected chi connectivity index (χ3v) is 6.18. The first kappa shape index (κ1) is 19.6. The highest BCUT2D eigenvalue weighted by Gasteiger charge is 2.21. The van der Waals surface area contributed by atoms with E-state index >= 15 is 0 Å². The number of anilines is 2. The van der Waals surface area contributed by atoms with Crippen LogP contribution in [-0.4, -0.2) is 39.6 Å². The Labute approximate surface area is 171 Å². The van der Waals surface area contributed by atoms with Crippen LogP contribution in [0.5, 0.6) is 0 Å². The minimum absolute atomic E-state index is 0.153. The number of ketones is 1. The van der Waals surface area contributed by atoms with Crippen molar-refractivity contribution in [1.82, 2.24) is 14.9 Å². The van der Waals surface area contributed by atoms with Crippen LogP contribution in [0.3, 0.4) is 0 Å². The van der Waals surface area contributed by atoms with E-state index in [0.29, 0.717) is 12.3 Å². The fourth-order valence-corrected chi connectivity index (χ4v) is 4.36. The highest BCUT2D eigenvalue weighted by molar-refractivity contribution is 5.96. The van der Waals surface area contributed by atoms with Gasteiger partial charge in [-0.3, -0.25) is 9.59 Å². The van der Waals surface area contributed by atoms with Crippen LogP contribution in [-0.2, 0) is 17.6 Å². The Balaban J connectivity index is 1.30. The highest BCUT2D eigenvalue weighted by Crippen LogP contribution is 2.28. The number of hydrogen-bond donors (Lipinski definition) is 1. The lowest BCUT2D eigenvalue weighted by molar-refractivity contribution is -0.130. The lowest BCUT2D eigenvalue weighted by atomic mass is 9.90. The molecule has 0 atom stereocenters. The fourth-order valence-electron chi connectivity index (χ4n) is 4.36. The number of likely N-dealkylation sites (tertiary alicyclic amines) is 1. The summed E-state index contributed by atoms with van der Waals surface area (Å²) in [6.07, 6.45) is 8.25. The van der Waals surface area contributed by atoms with Crippen molar-refractivity contribution >= 4 is 23.2 Å². The Morgan fingerprint density at radius 1 is 1.10 bits per heavy atom. The summed E-state index contributed by atoms with van der Waals surface area (Å²) in [4.78, 5) is 34.6. The Bertz CT molecular complexity index is 886. The standard InChI is InChI=1S/C23H28N4O2/c1-16(28)27-13-11-17(12-14-27)5-10-22(29)18-6-8-19(9-7-18)26-23-20-3-2-4-21(20)24-15-25-23/h6-9,15,17H,2-5,10-14H2,1H3,(H,24,25,26). The molecule has 2 heterocycles.